The standard InChI is InChI=1S/C29H27FN2O3/c1-4-9-23-15-22(16-24(18-31)29(33)32-26-13-7-6-12-25(26)30)17-27(34-5-2)28(23)35-19-21-11-8-10-20(3)14-21/h4,6-8,10-17H,1,5,9,19H2,2-3H3,(H,32,33)/b24-16-. The molecule has 0 saturated heterocycles. The number of nitrogens with one attached hydrogen (secondary N) is 1. The molecule has 0 aliphatic rings. The molecule has 1 amide bonds. The van der Waals surface area contributed by atoms with Gasteiger partial charge in [0, 0.05) is 5.56 Å². The molecular formula is C29H27FN2O3. The molecule has 5 nitrogen and oxygen atoms in total. The van der Waals surface area contributed by atoms with Crippen LogP contribution in [0.1, 0.15) is 29.2 Å². The summed E-state index contributed by atoms with van der Waals surface area (Å²) in [6, 6.07) is 19.3. The first kappa shape index (κ1) is 25.3. The zero-order valence-electron chi connectivity index (χ0n) is 19.8. The van der Waals surface area contributed by atoms with Crippen molar-refractivity contribution >= 4 is 17.7 Å². The molecule has 1 N–H and O–H groups in total. The first-order valence-corrected chi connectivity index (χ1v) is 11.2. The van der Waals surface area contributed by atoms with Crippen molar-refractivity contribution in [1.82, 2.24) is 0 Å². The minimum Gasteiger partial charge on any atom is -0.490 e. The number of carbonyl (C=O) groups excluding carboxylic acids is 1. The van der Waals surface area contributed by atoms with Gasteiger partial charge in [0.25, 0.3) is 5.91 Å². The predicted molar refractivity (Wildman–Crippen MR) is 136 cm³/mol. The lowest BCUT2D eigenvalue weighted by atomic mass is 10.0. The van der Waals surface area contributed by atoms with Crippen molar-refractivity contribution < 1.29 is 18.7 Å². The van der Waals surface area contributed by atoms with Crippen LogP contribution in [0.2, 0.25) is 0 Å². The van der Waals surface area contributed by atoms with E-state index in [0.717, 1.165) is 16.7 Å². The summed E-state index contributed by atoms with van der Waals surface area (Å²) in [5.41, 5.74) is 3.37. The zero-order valence-corrected chi connectivity index (χ0v) is 19.8. The number of amides is 1. The molecule has 178 valence electrons. The first-order chi connectivity index (χ1) is 16.9. The van der Waals surface area contributed by atoms with E-state index >= 15 is 0 Å². The van der Waals surface area contributed by atoms with E-state index in [4.69, 9.17) is 9.47 Å². The van der Waals surface area contributed by atoms with E-state index in [1.165, 1.54) is 24.3 Å². The summed E-state index contributed by atoms with van der Waals surface area (Å²) in [6.45, 7) is 8.47. The lowest BCUT2D eigenvalue weighted by Gasteiger charge is -2.17. The molecular weight excluding hydrogens is 443 g/mol. The highest BCUT2D eigenvalue weighted by molar-refractivity contribution is 6.09. The second-order valence-electron chi connectivity index (χ2n) is 7.81. The monoisotopic (exact) mass is 470 g/mol. The maximum atomic E-state index is 13.9. The Balaban J connectivity index is 1.94. The van der Waals surface area contributed by atoms with Crippen LogP contribution in [0.3, 0.4) is 0 Å². The number of allylic oxidation sites excluding steroid dienone is 1. The van der Waals surface area contributed by atoms with Crippen LogP contribution in [0, 0.1) is 24.1 Å². The van der Waals surface area contributed by atoms with Gasteiger partial charge in [0.05, 0.1) is 12.3 Å². The number of nitrogens with zero attached hydrogens (tertiary/aromatic N) is 1. The number of benzene rings is 3. The summed E-state index contributed by atoms with van der Waals surface area (Å²) >= 11 is 0. The number of halogens is 1. The summed E-state index contributed by atoms with van der Waals surface area (Å²) in [6.07, 6.45) is 3.68. The fourth-order valence-corrected chi connectivity index (χ4v) is 3.53. The lowest BCUT2D eigenvalue weighted by molar-refractivity contribution is -0.112. The van der Waals surface area contributed by atoms with Crippen LogP contribution in [0.4, 0.5) is 10.1 Å². The molecule has 3 aromatic carbocycles. The highest BCUT2D eigenvalue weighted by atomic mass is 19.1. The zero-order chi connectivity index (χ0) is 25.2. The van der Waals surface area contributed by atoms with Gasteiger partial charge in [-0.2, -0.15) is 5.26 Å². The molecule has 0 unspecified atom stereocenters. The van der Waals surface area contributed by atoms with Gasteiger partial charge in [-0.15, -0.1) is 6.58 Å². The molecule has 0 saturated carbocycles. The number of anilines is 1. The van der Waals surface area contributed by atoms with Gasteiger partial charge >= 0.3 is 0 Å². The van der Waals surface area contributed by atoms with Crippen molar-refractivity contribution in [2.45, 2.75) is 26.9 Å². The molecule has 0 spiro atoms. The van der Waals surface area contributed by atoms with Crippen LogP contribution in [0.25, 0.3) is 6.08 Å². The van der Waals surface area contributed by atoms with Crippen molar-refractivity contribution in [2.75, 3.05) is 11.9 Å². The van der Waals surface area contributed by atoms with E-state index in [0.29, 0.717) is 36.7 Å². The Labute approximate surface area is 205 Å². The third-order valence-electron chi connectivity index (χ3n) is 5.08. The third kappa shape index (κ3) is 6.81. The molecule has 0 bridgehead atoms. The number of carbonyl (C=O) groups is 1. The fraction of sp³-hybridized carbons (Fsp3) is 0.172. The maximum Gasteiger partial charge on any atom is 0.266 e. The highest BCUT2D eigenvalue weighted by Gasteiger charge is 2.16. The minimum atomic E-state index is -0.708. The molecule has 0 aliphatic carbocycles. The van der Waals surface area contributed by atoms with Gasteiger partial charge in [0.15, 0.2) is 11.5 Å². The average molecular weight is 471 g/mol. The van der Waals surface area contributed by atoms with Gasteiger partial charge < -0.3 is 14.8 Å². The van der Waals surface area contributed by atoms with Gasteiger partial charge in [-0.3, -0.25) is 4.79 Å². The number of rotatable bonds is 10. The fourth-order valence-electron chi connectivity index (χ4n) is 3.53. The number of aryl methyl sites for hydroxylation is 1. The summed E-state index contributed by atoms with van der Waals surface area (Å²) in [5, 5.41) is 12.0. The van der Waals surface area contributed by atoms with Crippen molar-refractivity contribution in [3.8, 4) is 17.6 Å². The van der Waals surface area contributed by atoms with E-state index in [9.17, 15) is 14.4 Å². The molecule has 3 aromatic rings. The smallest absolute Gasteiger partial charge is 0.266 e. The Kier molecular flexibility index (Phi) is 8.80. The van der Waals surface area contributed by atoms with Crippen LogP contribution in [-0.2, 0) is 17.8 Å². The minimum absolute atomic E-state index is 0.000832. The lowest BCUT2D eigenvalue weighted by Crippen LogP contribution is -2.14. The van der Waals surface area contributed by atoms with Gasteiger partial charge in [-0.1, -0.05) is 48.0 Å². The van der Waals surface area contributed by atoms with Crippen molar-refractivity contribution in [1.29, 1.82) is 5.26 Å². The predicted octanol–water partition coefficient (Wildman–Crippen LogP) is 6.39. The second-order valence-corrected chi connectivity index (χ2v) is 7.81. The summed E-state index contributed by atoms with van der Waals surface area (Å²) in [5.74, 6) is -0.210. The Morgan fingerprint density at radius 1 is 1.14 bits per heavy atom. The highest BCUT2D eigenvalue weighted by Crippen LogP contribution is 2.35. The molecule has 0 heterocycles. The first-order valence-electron chi connectivity index (χ1n) is 11.2. The Bertz CT molecular complexity index is 1290. The van der Waals surface area contributed by atoms with Gasteiger partial charge in [0.2, 0.25) is 0 Å². The number of hydrogen-bond donors (Lipinski definition) is 1. The number of para-hydroxylation sites is 1. The number of ether oxygens (including phenoxy) is 2. The van der Waals surface area contributed by atoms with Crippen LogP contribution in [0.15, 0.2) is 78.9 Å². The molecule has 3 rings (SSSR count). The molecule has 0 fully saturated rings. The topological polar surface area (TPSA) is 71.4 Å². The van der Waals surface area contributed by atoms with Gasteiger partial charge in [0.1, 0.15) is 24.1 Å². The van der Waals surface area contributed by atoms with E-state index < -0.39 is 11.7 Å². The molecule has 0 aliphatic heterocycles. The SMILES string of the molecule is C=CCc1cc(/C=C(/C#N)C(=O)Nc2ccccc2F)cc(OCC)c1OCc1cccc(C)c1. The maximum absolute atomic E-state index is 13.9. The molecule has 6 heteroatoms. The van der Waals surface area contributed by atoms with E-state index in [1.54, 1.807) is 18.2 Å². The molecule has 0 atom stereocenters. The van der Waals surface area contributed by atoms with Crippen molar-refractivity contribution in [3.05, 3.63) is 107 Å². The largest absolute Gasteiger partial charge is 0.490 e. The summed E-state index contributed by atoms with van der Waals surface area (Å²) in [7, 11) is 0. The van der Waals surface area contributed by atoms with Crippen molar-refractivity contribution in [3.63, 3.8) is 0 Å². The Morgan fingerprint density at radius 3 is 2.63 bits per heavy atom. The summed E-state index contributed by atoms with van der Waals surface area (Å²) in [4.78, 5) is 12.6. The van der Waals surface area contributed by atoms with Crippen LogP contribution >= 0.6 is 0 Å². The quantitative estimate of drug-likeness (QED) is 0.212. The number of nitriles is 1. The van der Waals surface area contributed by atoms with Gasteiger partial charge in [-0.25, -0.2) is 4.39 Å². The Hall–Kier alpha value is -4.37. The second kappa shape index (κ2) is 12.2. The molecule has 0 radical (unpaired) electrons. The van der Waals surface area contributed by atoms with E-state index in [2.05, 4.69) is 18.0 Å². The number of hydrogen-bond acceptors (Lipinski definition) is 4. The Morgan fingerprint density at radius 2 is 1.94 bits per heavy atom. The van der Waals surface area contributed by atoms with Crippen molar-refractivity contribution in [2.24, 2.45) is 0 Å². The summed E-state index contributed by atoms with van der Waals surface area (Å²) < 4.78 is 25.9. The van der Waals surface area contributed by atoms with Crippen LogP contribution < -0.4 is 14.8 Å². The average Bonchev–Trinajstić information content (AvgIpc) is 2.84. The van der Waals surface area contributed by atoms with Crippen LogP contribution in [-0.4, -0.2) is 12.5 Å². The van der Waals surface area contributed by atoms with E-state index in [-0.39, 0.29) is 11.3 Å². The van der Waals surface area contributed by atoms with Crippen LogP contribution in [0.5, 0.6) is 11.5 Å². The third-order valence-corrected chi connectivity index (χ3v) is 5.08. The molecule has 0 aromatic heterocycles. The van der Waals surface area contributed by atoms with Gasteiger partial charge in [-0.05, 0) is 61.7 Å². The molecule has 35 heavy (non-hydrogen) atoms. The van der Waals surface area contributed by atoms with E-state index in [1.807, 2.05) is 44.2 Å². The normalized spacial score (nSPS) is 10.9.